The van der Waals surface area contributed by atoms with Crippen molar-refractivity contribution in [1.29, 1.82) is 0 Å². The second-order valence-corrected chi connectivity index (χ2v) is 7.13. The van der Waals surface area contributed by atoms with Crippen LogP contribution in [0.4, 0.5) is 17.7 Å². The van der Waals surface area contributed by atoms with Gasteiger partial charge in [0.25, 0.3) is 0 Å². The Bertz CT molecular complexity index is 1280. The van der Waals surface area contributed by atoms with Crippen LogP contribution in [0.1, 0.15) is 18.5 Å². The summed E-state index contributed by atoms with van der Waals surface area (Å²) in [7, 11) is 0. The predicted octanol–water partition coefficient (Wildman–Crippen LogP) is 1.75. The Morgan fingerprint density at radius 3 is 2.58 bits per heavy atom. The summed E-state index contributed by atoms with van der Waals surface area (Å²) in [5.41, 5.74) is 12.7. The van der Waals surface area contributed by atoms with Gasteiger partial charge < -0.3 is 26.6 Å². The molecule has 10 nitrogen and oxygen atoms in total. The molecular formula is C21H21N7O3. The molecule has 2 heterocycles. The Morgan fingerprint density at radius 2 is 1.81 bits per heavy atom. The highest BCUT2D eigenvalue weighted by Crippen LogP contribution is 2.31. The molecule has 0 aliphatic heterocycles. The lowest BCUT2D eigenvalue weighted by Gasteiger charge is -2.31. The van der Waals surface area contributed by atoms with E-state index in [4.69, 9.17) is 11.5 Å². The number of nitrogens with zero attached hydrogens (tertiary/aromatic N) is 5. The number of benzene rings is 2. The molecule has 31 heavy (non-hydrogen) atoms. The molecule has 0 amide bonds. The molecule has 6 N–H and O–H groups in total. The third kappa shape index (κ3) is 3.88. The van der Waals surface area contributed by atoms with E-state index in [9.17, 15) is 15.0 Å². The van der Waals surface area contributed by atoms with Gasteiger partial charge in [-0.25, -0.2) is 9.78 Å². The maximum atomic E-state index is 11.4. The zero-order chi connectivity index (χ0) is 22.1. The zero-order valence-corrected chi connectivity index (χ0v) is 16.7. The normalized spacial score (nSPS) is 13.2. The number of nitrogen functional groups attached to an aromatic ring is 2. The Hall–Kier alpha value is -4.05. The van der Waals surface area contributed by atoms with E-state index in [1.165, 1.54) is 6.20 Å². The SMILES string of the molecule is CC(c1cccc2ccccc12)N(CC(O)C(=O)O)c1ncc2c(N)nc(N)nc2n1. The summed E-state index contributed by atoms with van der Waals surface area (Å²) in [4.78, 5) is 29.8. The van der Waals surface area contributed by atoms with Crippen molar-refractivity contribution in [2.75, 3.05) is 22.9 Å². The Morgan fingerprint density at radius 1 is 1.06 bits per heavy atom. The summed E-state index contributed by atoms with van der Waals surface area (Å²) < 4.78 is 0. The first-order valence-corrected chi connectivity index (χ1v) is 9.56. The lowest BCUT2D eigenvalue weighted by molar-refractivity contribution is -0.146. The summed E-state index contributed by atoms with van der Waals surface area (Å²) in [6.07, 6.45) is -0.181. The monoisotopic (exact) mass is 419 g/mol. The largest absolute Gasteiger partial charge is 0.479 e. The number of rotatable bonds is 6. The molecule has 0 bridgehead atoms. The smallest absolute Gasteiger partial charge is 0.334 e. The minimum Gasteiger partial charge on any atom is -0.479 e. The fourth-order valence-corrected chi connectivity index (χ4v) is 3.55. The van der Waals surface area contributed by atoms with Gasteiger partial charge in [-0.3, -0.25) is 0 Å². The number of nitrogens with two attached hydrogens (primary N) is 2. The third-order valence-electron chi connectivity index (χ3n) is 5.14. The average molecular weight is 419 g/mol. The Kier molecular flexibility index (Phi) is 5.22. The van der Waals surface area contributed by atoms with E-state index in [1.807, 2.05) is 49.4 Å². The van der Waals surface area contributed by atoms with Gasteiger partial charge in [0.2, 0.25) is 11.9 Å². The fourth-order valence-electron chi connectivity index (χ4n) is 3.55. The van der Waals surface area contributed by atoms with Gasteiger partial charge in [-0.05, 0) is 23.3 Å². The quantitative estimate of drug-likeness (QED) is 0.362. The van der Waals surface area contributed by atoms with Gasteiger partial charge in [0.05, 0.1) is 18.0 Å². The molecule has 10 heteroatoms. The molecule has 4 rings (SSSR count). The number of aromatic nitrogens is 4. The van der Waals surface area contributed by atoms with Crippen LogP contribution >= 0.6 is 0 Å². The van der Waals surface area contributed by atoms with Gasteiger partial charge in [-0.1, -0.05) is 42.5 Å². The number of hydrogen-bond acceptors (Lipinski definition) is 9. The van der Waals surface area contributed by atoms with Crippen molar-refractivity contribution in [2.45, 2.75) is 19.1 Å². The highest BCUT2D eigenvalue weighted by molar-refractivity contribution is 5.87. The van der Waals surface area contributed by atoms with Crippen LogP contribution < -0.4 is 16.4 Å². The number of aliphatic carboxylic acids is 1. The lowest BCUT2D eigenvalue weighted by Crippen LogP contribution is -2.39. The fraction of sp³-hybridized carbons (Fsp3) is 0.190. The predicted molar refractivity (Wildman–Crippen MR) is 117 cm³/mol. The van der Waals surface area contributed by atoms with Crippen molar-refractivity contribution in [3.05, 3.63) is 54.2 Å². The number of fused-ring (bicyclic) bond motifs is 2. The molecule has 0 spiro atoms. The maximum absolute atomic E-state index is 11.4. The number of aliphatic hydroxyl groups excluding tert-OH is 1. The van der Waals surface area contributed by atoms with Crippen molar-refractivity contribution in [3.8, 4) is 0 Å². The minimum atomic E-state index is -1.64. The zero-order valence-electron chi connectivity index (χ0n) is 16.7. The minimum absolute atomic E-state index is 0.0335. The molecular weight excluding hydrogens is 398 g/mol. The molecule has 2 unspecified atom stereocenters. The van der Waals surface area contributed by atoms with Crippen molar-refractivity contribution in [3.63, 3.8) is 0 Å². The highest BCUT2D eigenvalue weighted by atomic mass is 16.4. The van der Waals surface area contributed by atoms with E-state index in [1.54, 1.807) is 4.90 Å². The molecule has 0 aliphatic rings. The van der Waals surface area contributed by atoms with Crippen molar-refractivity contribution in [2.24, 2.45) is 0 Å². The summed E-state index contributed by atoms with van der Waals surface area (Å²) in [6, 6.07) is 13.4. The Balaban J connectivity index is 1.84. The molecule has 2 aromatic carbocycles. The van der Waals surface area contributed by atoms with Crippen LogP contribution in [0.15, 0.2) is 48.7 Å². The van der Waals surface area contributed by atoms with E-state index in [2.05, 4.69) is 19.9 Å². The number of carbonyl (C=O) groups is 1. The van der Waals surface area contributed by atoms with Crippen LogP contribution in [0, 0.1) is 0 Å². The number of anilines is 3. The molecule has 4 aromatic rings. The molecule has 0 saturated heterocycles. The number of hydrogen-bond donors (Lipinski definition) is 4. The van der Waals surface area contributed by atoms with Gasteiger partial charge in [0.15, 0.2) is 11.8 Å². The Labute approximate surface area is 177 Å². The van der Waals surface area contributed by atoms with E-state index in [0.29, 0.717) is 5.39 Å². The van der Waals surface area contributed by atoms with Gasteiger partial charge >= 0.3 is 5.97 Å². The average Bonchev–Trinajstić information content (AvgIpc) is 2.75. The molecule has 0 radical (unpaired) electrons. The van der Waals surface area contributed by atoms with Crippen molar-refractivity contribution >= 4 is 45.5 Å². The van der Waals surface area contributed by atoms with Crippen LogP contribution in [0.25, 0.3) is 21.8 Å². The van der Waals surface area contributed by atoms with Crippen LogP contribution in [0.3, 0.4) is 0 Å². The first-order chi connectivity index (χ1) is 14.8. The molecule has 0 fully saturated rings. The third-order valence-corrected chi connectivity index (χ3v) is 5.14. The molecule has 0 aliphatic carbocycles. The van der Waals surface area contributed by atoms with E-state index < -0.39 is 12.1 Å². The van der Waals surface area contributed by atoms with Crippen molar-refractivity contribution in [1.82, 2.24) is 19.9 Å². The number of carboxylic acids is 1. The standard InChI is InChI=1S/C21H21N7O3/c1-11(13-8-4-6-12-5-2-3-7-14(12)13)28(10-16(29)19(30)31)21-24-9-15-17(22)25-20(23)26-18(15)27-21/h2-9,11,16,29H,10H2,1H3,(H,30,31)(H4,22,23,24,25,26,27). The second-order valence-electron chi connectivity index (χ2n) is 7.13. The number of carboxylic acid groups (broad SMARTS) is 1. The lowest BCUT2D eigenvalue weighted by atomic mass is 9.98. The van der Waals surface area contributed by atoms with Gasteiger partial charge in [-0.15, -0.1) is 0 Å². The summed E-state index contributed by atoms with van der Waals surface area (Å²) in [5, 5.41) is 21.9. The second kappa shape index (κ2) is 8.00. The molecule has 2 atom stereocenters. The molecule has 0 saturated carbocycles. The summed E-state index contributed by atoms with van der Waals surface area (Å²) >= 11 is 0. The van der Waals surface area contributed by atoms with E-state index >= 15 is 0 Å². The van der Waals surface area contributed by atoms with Crippen LogP contribution in [0.2, 0.25) is 0 Å². The first-order valence-electron chi connectivity index (χ1n) is 9.56. The summed E-state index contributed by atoms with van der Waals surface area (Å²) in [6.45, 7) is 1.66. The van der Waals surface area contributed by atoms with E-state index in [0.717, 1.165) is 16.3 Å². The first kappa shape index (κ1) is 20.2. The van der Waals surface area contributed by atoms with Gasteiger partial charge in [0.1, 0.15) is 5.82 Å². The van der Waals surface area contributed by atoms with Crippen LogP contribution in [-0.2, 0) is 4.79 Å². The van der Waals surface area contributed by atoms with Crippen molar-refractivity contribution < 1.29 is 15.0 Å². The molecule has 2 aromatic heterocycles. The topological polar surface area (TPSA) is 164 Å². The maximum Gasteiger partial charge on any atom is 0.334 e. The van der Waals surface area contributed by atoms with E-state index in [-0.39, 0.29) is 35.9 Å². The highest BCUT2D eigenvalue weighted by Gasteiger charge is 2.26. The van der Waals surface area contributed by atoms with Crippen LogP contribution in [0.5, 0.6) is 0 Å². The number of aliphatic hydroxyl groups is 1. The summed E-state index contributed by atoms with van der Waals surface area (Å²) in [5.74, 6) is -1.04. The molecule has 158 valence electrons. The van der Waals surface area contributed by atoms with Gasteiger partial charge in [0, 0.05) is 6.20 Å². The van der Waals surface area contributed by atoms with Gasteiger partial charge in [-0.2, -0.15) is 15.0 Å². The van der Waals surface area contributed by atoms with Crippen LogP contribution in [-0.4, -0.2) is 48.8 Å².